The van der Waals surface area contributed by atoms with Crippen LogP contribution in [0.15, 0.2) is 0 Å². The van der Waals surface area contributed by atoms with E-state index >= 15 is 0 Å². The van der Waals surface area contributed by atoms with E-state index in [0.29, 0.717) is 0 Å². The van der Waals surface area contributed by atoms with E-state index in [1.54, 1.807) is 0 Å². The Balaban J connectivity index is 2.30. The first-order valence-electron chi connectivity index (χ1n) is 4.09. The van der Waals surface area contributed by atoms with Gasteiger partial charge in [0.2, 0.25) is 5.91 Å². The van der Waals surface area contributed by atoms with Crippen molar-refractivity contribution in [3.8, 4) is 0 Å². The lowest BCUT2D eigenvalue weighted by Gasteiger charge is -2.24. The molecule has 0 bridgehead atoms. The van der Waals surface area contributed by atoms with Gasteiger partial charge in [-0.25, -0.2) is 0 Å². The Bertz CT molecular complexity index is 141. The van der Waals surface area contributed by atoms with Crippen LogP contribution in [0.5, 0.6) is 0 Å². The molecule has 1 rings (SSSR count). The van der Waals surface area contributed by atoms with E-state index in [9.17, 15) is 4.79 Å². The Labute approximate surface area is 75.7 Å². The fraction of sp³-hybridized carbons (Fsp3) is 0.875. The monoisotopic (exact) mass is 219 g/mol. The van der Waals surface area contributed by atoms with Crippen molar-refractivity contribution in [2.45, 2.75) is 25.7 Å². The summed E-state index contributed by atoms with van der Waals surface area (Å²) in [6, 6.07) is 0. The molecule has 0 aromatic heterocycles. The predicted octanol–water partition coefficient (Wildman–Crippen LogP) is 1.67. The highest BCUT2D eigenvalue weighted by atomic mass is 79.9. The maximum atomic E-state index is 10.8. The van der Waals surface area contributed by atoms with Crippen LogP contribution in [-0.2, 0) is 4.79 Å². The summed E-state index contributed by atoms with van der Waals surface area (Å²) < 4.78 is 0. The third kappa shape index (κ3) is 2.47. The maximum Gasteiger partial charge on any atom is 0.220 e. The molecule has 1 aliphatic carbocycles. The van der Waals surface area contributed by atoms with E-state index in [2.05, 4.69) is 15.9 Å². The van der Waals surface area contributed by atoms with E-state index in [1.807, 2.05) is 0 Å². The molecule has 11 heavy (non-hydrogen) atoms. The lowest BCUT2D eigenvalue weighted by Crippen LogP contribution is -2.27. The molecule has 0 atom stereocenters. The van der Waals surface area contributed by atoms with Crippen molar-refractivity contribution >= 4 is 21.8 Å². The number of hydrogen-bond acceptors (Lipinski definition) is 1. The Morgan fingerprint density at radius 2 is 1.91 bits per heavy atom. The van der Waals surface area contributed by atoms with Gasteiger partial charge in [0.1, 0.15) is 0 Å². The highest BCUT2D eigenvalue weighted by Gasteiger charge is 2.23. The summed E-state index contributed by atoms with van der Waals surface area (Å²) >= 11 is 3.45. The number of rotatable bonds is 2. The lowest BCUT2D eigenvalue weighted by atomic mass is 9.83. The zero-order chi connectivity index (χ0) is 8.27. The molecule has 64 valence electrons. The molecule has 0 radical (unpaired) electrons. The van der Waals surface area contributed by atoms with Gasteiger partial charge in [-0.2, -0.15) is 0 Å². The zero-order valence-corrected chi connectivity index (χ0v) is 8.14. The molecule has 2 N–H and O–H groups in total. The summed E-state index contributed by atoms with van der Waals surface area (Å²) in [6.45, 7) is 0. The van der Waals surface area contributed by atoms with Gasteiger partial charge in [0.25, 0.3) is 0 Å². The van der Waals surface area contributed by atoms with Crippen LogP contribution < -0.4 is 5.73 Å². The summed E-state index contributed by atoms with van der Waals surface area (Å²) in [5.74, 6) is 0.814. The second kappa shape index (κ2) is 4.10. The van der Waals surface area contributed by atoms with Crippen LogP contribution in [0.1, 0.15) is 25.7 Å². The SMILES string of the molecule is NC(=O)C1CCC(CBr)CC1. The van der Waals surface area contributed by atoms with Gasteiger partial charge in [0.15, 0.2) is 0 Å². The van der Waals surface area contributed by atoms with Crippen LogP contribution in [0.25, 0.3) is 0 Å². The molecule has 0 aromatic rings. The molecule has 1 aliphatic rings. The van der Waals surface area contributed by atoms with Crippen molar-refractivity contribution in [1.29, 1.82) is 0 Å². The van der Waals surface area contributed by atoms with Crippen molar-refractivity contribution in [2.24, 2.45) is 17.6 Å². The number of amides is 1. The number of carbonyl (C=O) groups excluding carboxylic acids is 1. The zero-order valence-electron chi connectivity index (χ0n) is 6.55. The molecule has 1 saturated carbocycles. The van der Waals surface area contributed by atoms with Gasteiger partial charge in [0.05, 0.1) is 0 Å². The fourth-order valence-corrected chi connectivity index (χ4v) is 2.25. The van der Waals surface area contributed by atoms with E-state index in [0.717, 1.165) is 36.9 Å². The summed E-state index contributed by atoms with van der Waals surface area (Å²) in [7, 11) is 0. The number of alkyl halides is 1. The fourth-order valence-electron chi connectivity index (χ4n) is 1.60. The first-order valence-corrected chi connectivity index (χ1v) is 5.21. The molecule has 0 aliphatic heterocycles. The minimum atomic E-state index is -0.113. The molecule has 0 heterocycles. The van der Waals surface area contributed by atoms with Gasteiger partial charge < -0.3 is 5.73 Å². The van der Waals surface area contributed by atoms with E-state index < -0.39 is 0 Å². The summed E-state index contributed by atoms with van der Waals surface area (Å²) in [4.78, 5) is 10.8. The molecule has 0 aromatic carbocycles. The van der Waals surface area contributed by atoms with Crippen molar-refractivity contribution in [2.75, 3.05) is 5.33 Å². The Morgan fingerprint density at radius 3 is 2.27 bits per heavy atom. The van der Waals surface area contributed by atoms with Crippen molar-refractivity contribution in [3.63, 3.8) is 0 Å². The average molecular weight is 220 g/mol. The normalized spacial score (nSPS) is 31.7. The van der Waals surface area contributed by atoms with Crippen LogP contribution in [-0.4, -0.2) is 11.2 Å². The van der Waals surface area contributed by atoms with Gasteiger partial charge in [-0.1, -0.05) is 15.9 Å². The number of nitrogens with two attached hydrogens (primary N) is 1. The molecule has 0 spiro atoms. The Morgan fingerprint density at radius 1 is 1.36 bits per heavy atom. The van der Waals surface area contributed by atoms with Gasteiger partial charge >= 0.3 is 0 Å². The molecule has 1 fully saturated rings. The summed E-state index contributed by atoms with van der Waals surface area (Å²) in [6.07, 6.45) is 4.29. The van der Waals surface area contributed by atoms with E-state index in [1.165, 1.54) is 0 Å². The minimum absolute atomic E-state index is 0.113. The van der Waals surface area contributed by atoms with Gasteiger partial charge in [-0.3, -0.25) is 4.79 Å². The van der Waals surface area contributed by atoms with E-state index in [-0.39, 0.29) is 11.8 Å². The lowest BCUT2D eigenvalue weighted by molar-refractivity contribution is -0.122. The molecule has 0 saturated heterocycles. The first kappa shape index (κ1) is 9.04. The molecule has 1 amide bonds. The largest absolute Gasteiger partial charge is 0.369 e. The standard InChI is InChI=1S/C8H14BrNO/c9-5-6-1-3-7(4-2-6)8(10)11/h6-7H,1-5H2,(H2,10,11). The van der Waals surface area contributed by atoms with Crippen molar-refractivity contribution in [3.05, 3.63) is 0 Å². The molecule has 3 heteroatoms. The number of primary amides is 1. The quantitative estimate of drug-likeness (QED) is 0.706. The van der Waals surface area contributed by atoms with Crippen LogP contribution in [0.2, 0.25) is 0 Å². The number of hydrogen-bond donors (Lipinski definition) is 1. The van der Waals surface area contributed by atoms with Crippen LogP contribution in [0.4, 0.5) is 0 Å². The van der Waals surface area contributed by atoms with Crippen molar-refractivity contribution in [1.82, 2.24) is 0 Å². The van der Waals surface area contributed by atoms with Gasteiger partial charge in [-0.05, 0) is 31.6 Å². The molecule has 0 unspecified atom stereocenters. The second-order valence-corrected chi connectivity index (χ2v) is 3.92. The minimum Gasteiger partial charge on any atom is -0.369 e. The molecular formula is C8H14BrNO. The third-order valence-corrected chi connectivity index (χ3v) is 3.38. The summed E-state index contributed by atoms with van der Waals surface area (Å²) in [5, 5.41) is 1.07. The van der Waals surface area contributed by atoms with E-state index in [4.69, 9.17) is 5.73 Å². The first-order chi connectivity index (χ1) is 5.24. The average Bonchev–Trinajstić information content (AvgIpc) is 2.05. The van der Waals surface area contributed by atoms with Gasteiger partial charge in [0, 0.05) is 11.2 Å². The van der Waals surface area contributed by atoms with Crippen LogP contribution >= 0.6 is 15.9 Å². The second-order valence-electron chi connectivity index (χ2n) is 3.27. The highest BCUT2D eigenvalue weighted by Crippen LogP contribution is 2.29. The Hall–Kier alpha value is -0.0500. The number of carbonyl (C=O) groups is 1. The summed E-state index contributed by atoms with van der Waals surface area (Å²) in [5.41, 5.74) is 5.20. The highest BCUT2D eigenvalue weighted by molar-refractivity contribution is 9.09. The Kier molecular flexibility index (Phi) is 3.37. The predicted molar refractivity (Wildman–Crippen MR) is 48.4 cm³/mol. The van der Waals surface area contributed by atoms with Gasteiger partial charge in [-0.15, -0.1) is 0 Å². The molecular weight excluding hydrogens is 206 g/mol. The van der Waals surface area contributed by atoms with Crippen LogP contribution in [0.3, 0.4) is 0 Å². The third-order valence-electron chi connectivity index (χ3n) is 2.47. The van der Waals surface area contributed by atoms with Crippen molar-refractivity contribution < 1.29 is 4.79 Å². The smallest absolute Gasteiger partial charge is 0.220 e. The van der Waals surface area contributed by atoms with Crippen LogP contribution in [0, 0.1) is 11.8 Å². The number of halogens is 1. The topological polar surface area (TPSA) is 43.1 Å². The molecule has 2 nitrogen and oxygen atoms in total. The maximum absolute atomic E-state index is 10.8.